The average molecular weight is 434 g/mol. The number of aromatic nitrogens is 1. The van der Waals surface area contributed by atoms with E-state index >= 15 is 0 Å². The van der Waals surface area contributed by atoms with Gasteiger partial charge in [0, 0.05) is 23.0 Å². The van der Waals surface area contributed by atoms with E-state index in [0.29, 0.717) is 23.7 Å². The maximum atomic E-state index is 13.3. The van der Waals surface area contributed by atoms with Crippen LogP contribution in [0.5, 0.6) is 5.75 Å². The van der Waals surface area contributed by atoms with Gasteiger partial charge < -0.3 is 15.0 Å². The van der Waals surface area contributed by atoms with Gasteiger partial charge in [-0.25, -0.2) is 0 Å². The number of carbonyl (C=O) groups excluding carboxylic acids is 2. The minimum atomic E-state index is -0.480. The van der Waals surface area contributed by atoms with E-state index in [2.05, 4.69) is 35.1 Å². The van der Waals surface area contributed by atoms with Gasteiger partial charge in [-0.15, -0.1) is 0 Å². The molecule has 4 saturated heterocycles. The Morgan fingerprint density at radius 3 is 2.75 bits per heavy atom. The molecule has 2 aromatic rings. The highest BCUT2D eigenvalue weighted by Crippen LogP contribution is 2.59. The molecular weight excluding hydrogens is 402 g/mol. The quantitative estimate of drug-likeness (QED) is 0.667. The first-order valence-electron chi connectivity index (χ1n) is 12.0. The summed E-state index contributed by atoms with van der Waals surface area (Å²) in [6, 6.07) is 4.08. The topological polar surface area (TPSA) is 74.4 Å². The number of H-pyrrole nitrogens is 1. The van der Waals surface area contributed by atoms with Crippen molar-refractivity contribution in [3.05, 3.63) is 29.0 Å². The lowest BCUT2D eigenvalue weighted by atomic mass is 9.51. The molecule has 6 nitrogen and oxygen atoms in total. The van der Waals surface area contributed by atoms with Gasteiger partial charge in [-0.2, -0.15) is 0 Å². The Bertz CT molecular complexity index is 1240. The van der Waals surface area contributed by atoms with E-state index in [4.69, 9.17) is 4.74 Å². The lowest BCUT2D eigenvalue weighted by molar-refractivity contribution is -0.160. The van der Waals surface area contributed by atoms with Gasteiger partial charge in [0.25, 0.3) is 0 Å². The zero-order chi connectivity index (χ0) is 22.3. The number of carbonyl (C=O) groups is 2. The summed E-state index contributed by atoms with van der Waals surface area (Å²) >= 11 is 0. The Labute approximate surface area is 188 Å². The third kappa shape index (κ3) is 2.06. The van der Waals surface area contributed by atoms with E-state index in [1.807, 2.05) is 19.9 Å². The second-order valence-electron chi connectivity index (χ2n) is 12.1. The molecule has 1 aromatic carbocycles. The summed E-state index contributed by atoms with van der Waals surface area (Å²) in [5.41, 5.74) is 2.93. The molecule has 2 N–H and O–H groups in total. The first-order chi connectivity index (χ1) is 15.1. The molecule has 6 aliphatic rings. The van der Waals surface area contributed by atoms with Crippen LogP contribution in [0, 0.1) is 5.92 Å². The number of piperazine rings is 1. The molecule has 5 aliphatic heterocycles. The van der Waals surface area contributed by atoms with Crippen LogP contribution >= 0.6 is 0 Å². The average Bonchev–Trinajstić information content (AvgIpc) is 3.27. The number of ether oxygens (including phenoxy) is 1. The number of nitrogens with zero attached hydrogens (tertiary/aromatic N) is 1. The summed E-state index contributed by atoms with van der Waals surface area (Å²) in [5, 5.41) is 4.65. The Hall–Kier alpha value is -2.34. The van der Waals surface area contributed by atoms with Crippen molar-refractivity contribution in [2.75, 3.05) is 13.1 Å². The maximum absolute atomic E-state index is 13.3. The molecule has 1 amide bonds. The number of nitrogens with one attached hydrogen (secondary N) is 2. The molecular formula is C26H31N3O3. The van der Waals surface area contributed by atoms with Crippen LogP contribution in [0.4, 0.5) is 0 Å². The normalized spacial score (nSPS) is 36.2. The third-order valence-corrected chi connectivity index (χ3v) is 9.39. The lowest BCUT2D eigenvalue weighted by Gasteiger charge is -2.65. The second-order valence-corrected chi connectivity index (χ2v) is 12.1. The highest BCUT2D eigenvalue weighted by molar-refractivity contribution is 6.11. The largest absolute Gasteiger partial charge is 0.487 e. The molecule has 1 aromatic heterocycles. The van der Waals surface area contributed by atoms with Crippen molar-refractivity contribution in [3.63, 3.8) is 0 Å². The van der Waals surface area contributed by atoms with Gasteiger partial charge >= 0.3 is 0 Å². The van der Waals surface area contributed by atoms with Gasteiger partial charge in [0.2, 0.25) is 5.91 Å². The summed E-state index contributed by atoms with van der Waals surface area (Å²) in [6.45, 7) is 10.5. The lowest BCUT2D eigenvalue weighted by Crippen LogP contribution is -2.82. The monoisotopic (exact) mass is 433 g/mol. The first-order valence-corrected chi connectivity index (χ1v) is 12.0. The zero-order valence-electron chi connectivity index (χ0n) is 19.4. The van der Waals surface area contributed by atoms with Crippen molar-refractivity contribution in [2.24, 2.45) is 5.92 Å². The molecule has 6 heterocycles. The van der Waals surface area contributed by atoms with E-state index in [0.717, 1.165) is 49.7 Å². The zero-order valence-corrected chi connectivity index (χ0v) is 19.4. The van der Waals surface area contributed by atoms with Crippen LogP contribution in [-0.2, 0) is 16.6 Å². The SMILES string of the molecule is CC1(C)CC(=O)c2c(ccc3c4c([nH]c23)C(C)(C)C2CC35CCCN3CC2(C4)NC5=O)O1. The number of hydrogen-bond donors (Lipinski definition) is 2. The number of benzene rings is 1. The molecule has 8 rings (SSSR count). The Morgan fingerprint density at radius 1 is 1.12 bits per heavy atom. The number of aromatic amines is 1. The van der Waals surface area contributed by atoms with Crippen LogP contribution < -0.4 is 10.1 Å². The molecule has 32 heavy (non-hydrogen) atoms. The first kappa shape index (κ1) is 19.2. The van der Waals surface area contributed by atoms with E-state index in [1.54, 1.807) is 0 Å². The molecule has 2 spiro atoms. The molecule has 6 heteroatoms. The highest BCUT2D eigenvalue weighted by atomic mass is 16.5. The number of amides is 1. The highest BCUT2D eigenvalue weighted by Gasteiger charge is 2.68. The number of hydrogen-bond acceptors (Lipinski definition) is 4. The van der Waals surface area contributed by atoms with Gasteiger partial charge in [-0.05, 0) is 69.7 Å². The van der Waals surface area contributed by atoms with Crippen molar-refractivity contribution in [1.29, 1.82) is 0 Å². The molecule has 2 bridgehead atoms. The molecule has 168 valence electrons. The van der Waals surface area contributed by atoms with Crippen LogP contribution in [0.1, 0.15) is 75.0 Å². The van der Waals surface area contributed by atoms with E-state index in [1.165, 1.54) is 11.3 Å². The number of Topliss-reactive ketones (excluding diaryl/α,β-unsaturated/α-hetero) is 1. The smallest absolute Gasteiger partial charge is 0.241 e. The number of piperidine rings is 2. The van der Waals surface area contributed by atoms with Gasteiger partial charge in [0.15, 0.2) is 5.78 Å². The van der Waals surface area contributed by atoms with Crippen LogP contribution in [0.2, 0.25) is 0 Å². The minimum absolute atomic E-state index is 0.132. The number of fused-ring (bicyclic) bond motifs is 6. The molecule has 0 saturated carbocycles. The summed E-state index contributed by atoms with van der Waals surface area (Å²) in [4.78, 5) is 32.7. The molecule has 3 atom stereocenters. The van der Waals surface area contributed by atoms with Gasteiger partial charge in [0.05, 0.1) is 23.0 Å². The fraction of sp³-hybridized carbons (Fsp3) is 0.615. The van der Waals surface area contributed by atoms with Crippen molar-refractivity contribution in [3.8, 4) is 5.75 Å². The van der Waals surface area contributed by atoms with Crippen LogP contribution in [-0.4, -0.2) is 51.3 Å². The van der Waals surface area contributed by atoms with Gasteiger partial charge in [0.1, 0.15) is 16.9 Å². The summed E-state index contributed by atoms with van der Waals surface area (Å²) in [5.74, 6) is 1.42. The van der Waals surface area contributed by atoms with E-state index in [-0.39, 0.29) is 28.2 Å². The molecule has 3 unspecified atom stereocenters. The summed E-state index contributed by atoms with van der Waals surface area (Å²) in [6.07, 6.45) is 4.20. The summed E-state index contributed by atoms with van der Waals surface area (Å²) in [7, 11) is 0. The predicted molar refractivity (Wildman–Crippen MR) is 121 cm³/mol. The van der Waals surface area contributed by atoms with Crippen molar-refractivity contribution in [2.45, 2.75) is 81.9 Å². The van der Waals surface area contributed by atoms with E-state index in [9.17, 15) is 9.59 Å². The second kappa shape index (κ2) is 5.41. The third-order valence-electron chi connectivity index (χ3n) is 9.39. The molecule has 0 radical (unpaired) electrons. The molecule has 1 aliphatic carbocycles. The number of ketones is 1. The Balaban J connectivity index is 1.44. The standard InChI is InChI=1S/C26H31N3O3/c1-23(2)11-16(30)19-17(32-23)7-6-14-15-10-25-13-29-9-5-8-26(29,22(31)28-25)12-18(25)24(3,4)21(15)27-20(14)19/h6-7,18,27H,5,8-13H2,1-4H3,(H,28,31). The van der Waals surface area contributed by atoms with Crippen LogP contribution in [0.25, 0.3) is 10.9 Å². The minimum Gasteiger partial charge on any atom is -0.487 e. The maximum Gasteiger partial charge on any atom is 0.241 e. The molecule has 4 fully saturated rings. The van der Waals surface area contributed by atoms with Crippen molar-refractivity contribution >= 4 is 22.6 Å². The predicted octanol–water partition coefficient (Wildman–Crippen LogP) is 3.47. The van der Waals surface area contributed by atoms with Crippen molar-refractivity contribution in [1.82, 2.24) is 15.2 Å². The number of rotatable bonds is 0. The van der Waals surface area contributed by atoms with Gasteiger partial charge in [-0.1, -0.05) is 13.8 Å². The fourth-order valence-electron chi connectivity index (χ4n) is 8.06. The van der Waals surface area contributed by atoms with Gasteiger partial charge in [-0.3, -0.25) is 14.5 Å². The van der Waals surface area contributed by atoms with E-state index < -0.39 is 5.60 Å². The Kier molecular flexibility index (Phi) is 3.24. The summed E-state index contributed by atoms with van der Waals surface area (Å²) < 4.78 is 6.18. The van der Waals surface area contributed by atoms with Crippen molar-refractivity contribution < 1.29 is 14.3 Å². The van der Waals surface area contributed by atoms with Crippen LogP contribution in [0.15, 0.2) is 12.1 Å². The Morgan fingerprint density at radius 2 is 1.94 bits per heavy atom. The fourth-order valence-corrected chi connectivity index (χ4v) is 8.06. The van der Waals surface area contributed by atoms with Crippen LogP contribution in [0.3, 0.4) is 0 Å².